The molecule has 2 heterocycles. The molecule has 0 radical (unpaired) electrons. The summed E-state index contributed by atoms with van der Waals surface area (Å²) < 4.78 is 2.45. The maximum absolute atomic E-state index is 12.6. The van der Waals surface area contributed by atoms with Crippen molar-refractivity contribution in [2.75, 3.05) is 26.2 Å². The van der Waals surface area contributed by atoms with Crippen LogP contribution in [0.2, 0.25) is 0 Å². The van der Waals surface area contributed by atoms with Crippen LogP contribution >= 0.6 is 0 Å². The van der Waals surface area contributed by atoms with Gasteiger partial charge in [0.05, 0.1) is 6.54 Å². The highest BCUT2D eigenvalue weighted by atomic mass is 16.2. The highest BCUT2D eigenvalue weighted by Gasteiger charge is 2.36. The third-order valence-electron chi connectivity index (χ3n) is 5.53. The summed E-state index contributed by atoms with van der Waals surface area (Å²) in [6, 6.07) is 0.645. The molecule has 0 atom stereocenters. The van der Waals surface area contributed by atoms with E-state index in [0.29, 0.717) is 12.0 Å². The van der Waals surface area contributed by atoms with Crippen LogP contribution < -0.4 is 0 Å². The molecular weight excluding hydrogens is 314 g/mol. The number of aromatic nitrogens is 3. The topological polar surface area (TPSA) is 54.3 Å². The minimum Gasteiger partial charge on any atom is -0.341 e. The molecule has 4 rings (SSSR count). The van der Waals surface area contributed by atoms with E-state index in [0.717, 1.165) is 45.0 Å². The Bertz CT molecular complexity index is 639. The molecule has 25 heavy (non-hydrogen) atoms. The zero-order valence-corrected chi connectivity index (χ0v) is 15.9. The first-order valence-corrected chi connectivity index (χ1v) is 9.89. The lowest BCUT2D eigenvalue weighted by Crippen LogP contribution is -2.41. The summed E-state index contributed by atoms with van der Waals surface area (Å²) in [6.07, 6.45) is 6.14. The fraction of sp³-hybridized carbons (Fsp3) is 0.842. The molecular formula is C19H31N5O. The van der Waals surface area contributed by atoms with Gasteiger partial charge in [-0.15, -0.1) is 10.2 Å². The van der Waals surface area contributed by atoms with E-state index in [-0.39, 0.29) is 11.3 Å². The summed E-state index contributed by atoms with van der Waals surface area (Å²) in [5.74, 6) is 3.30. The molecule has 3 fully saturated rings. The molecule has 2 aliphatic carbocycles. The Balaban J connectivity index is 1.41. The van der Waals surface area contributed by atoms with Crippen molar-refractivity contribution < 1.29 is 4.79 Å². The van der Waals surface area contributed by atoms with Gasteiger partial charge in [-0.1, -0.05) is 20.8 Å². The number of carbonyl (C=O) groups excluding carboxylic acids is 1. The number of hydrogen-bond acceptors (Lipinski definition) is 4. The number of rotatable bonds is 4. The van der Waals surface area contributed by atoms with E-state index in [9.17, 15) is 4.79 Å². The minimum absolute atomic E-state index is 0.270. The van der Waals surface area contributed by atoms with E-state index in [2.05, 4.69) is 19.7 Å². The van der Waals surface area contributed by atoms with Gasteiger partial charge in [0.1, 0.15) is 11.6 Å². The zero-order chi connectivity index (χ0) is 17.6. The molecule has 1 aromatic heterocycles. The highest BCUT2D eigenvalue weighted by Crippen LogP contribution is 2.44. The largest absolute Gasteiger partial charge is 0.341 e. The van der Waals surface area contributed by atoms with Crippen LogP contribution in [-0.4, -0.2) is 56.7 Å². The molecule has 0 unspecified atom stereocenters. The van der Waals surface area contributed by atoms with Crippen LogP contribution in [0, 0.1) is 5.41 Å². The maximum atomic E-state index is 12.6. The average molecular weight is 345 g/mol. The van der Waals surface area contributed by atoms with Crippen molar-refractivity contribution in [2.45, 2.75) is 71.4 Å². The number of hydrogen-bond donors (Lipinski definition) is 0. The summed E-state index contributed by atoms with van der Waals surface area (Å²) in [5, 5.41) is 9.07. The van der Waals surface area contributed by atoms with Crippen molar-refractivity contribution in [3.05, 3.63) is 11.6 Å². The molecule has 6 heteroatoms. The van der Waals surface area contributed by atoms with Crippen LogP contribution in [0.1, 0.15) is 76.5 Å². The molecule has 1 aromatic rings. The molecule has 0 spiro atoms. The van der Waals surface area contributed by atoms with E-state index < -0.39 is 0 Å². The fourth-order valence-electron chi connectivity index (χ4n) is 3.80. The van der Waals surface area contributed by atoms with Crippen molar-refractivity contribution in [1.82, 2.24) is 24.6 Å². The van der Waals surface area contributed by atoms with E-state index in [1.807, 2.05) is 25.7 Å². The standard InChI is InChI=1S/C19H31N5O/c1-19(2,3)18(25)23-10-4-9-22(11-12-23)13-16-20-21-17(14-5-6-14)24(16)15-7-8-15/h14-15H,4-13H2,1-3H3. The molecule has 3 aliphatic rings. The predicted octanol–water partition coefficient (Wildman–Crippen LogP) is 2.57. The van der Waals surface area contributed by atoms with Crippen molar-refractivity contribution in [3.63, 3.8) is 0 Å². The molecule has 1 aliphatic heterocycles. The number of carbonyl (C=O) groups is 1. The van der Waals surface area contributed by atoms with Crippen LogP contribution in [0.4, 0.5) is 0 Å². The Morgan fingerprint density at radius 2 is 1.80 bits per heavy atom. The van der Waals surface area contributed by atoms with E-state index >= 15 is 0 Å². The van der Waals surface area contributed by atoms with Crippen LogP contribution in [0.15, 0.2) is 0 Å². The quantitative estimate of drug-likeness (QED) is 0.842. The Kier molecular flexibility index (Phi) is 4.34. The third-order valence-corrected chi connectivity index (χ3v) is 5.53. The average Bonchev–Trinajstić information content (AvgIpc) is 3.45. The lowest BCUT2D eigenvalue weighted by atomic mass is 9.94. The normalized spacial score (nSPS) is 22.9. The second-order valence-electron chi connectivity index (χ2n) is 9.02. The van der Waals surface area contributed by atoms with Gasteiger partial charge in [0.25, 0.3) is 0 Å². The molecule has 6 nitrogen and oxygen atoms in total. The SMILES string of the molecule is CC(C)(C)C(=O)N1CCCN(Cc2nnc(C3CC3)n2C2CC2)CC1. The molecule has 1 amide bonds. The lowest BCUT2D eigenvalue weighted by molar-refractivity contribution is -0.139. The summed E-state index contributed by atoms with van der Waals surface area (Å²) in [4.78, 5) is 17.1. The van der Waals surface area contributed by atoms with Crippen molar-refractivity contribution in [3.8, 4) is 0 Å². The lowest BCUT2D eigenvalue weighted by Gasteiger charge is -2.28. The van der Waals surface area contributed by atoms with Crippen molar-refractivity contribution >= 4 is 5.91 Å². The highest BCUT2D eigenvalue weighted by molar-refractivity contribution is 5.81. The summed E-state index contributed by atoms with van der Waals surface area (Å²) in [6.45, 7) is 10.6. The minimum atomic E-state index is -0.291. The molecule has 2 saturated carbocycles. The summed E-state index contributed by atoms with van der Waals surface area (Å²) in [5.41, 5.74) is -0.291. The first-order valence-electron chi connectivity index (χ1n) is 9.89. The monoisotopic (exact) mass is 345 g/mol. The molecule has 0 N–H and O–H groups in total. The second-order valence-corrected chi connectivity index (χ2v) is 9.02. The van der Waals surface area contributed by atoms with Crippen molar-refractivity contribution in [1.29, 1.82) is 0 Å². The van der Waals surface area contributed by atoms with Crippen molar-refractivity contribution in [2.24, 2.45) is 5.41 Å². The molecule has 1 saturated heterocycles. The first-order chi connectivity index (χ1) is 11.9. The van der Waals surface area contributed by atoms with E-state index in [1.54, 1.807) is 0 Å². The number of amides is 1. The predicted molar refractivity (Wildman–Crippen MR) is 96.2 cm³/mol. The van der Waals surface area contributed by atoms with Gasteiger partial charge < -0.3 is 9.47 Å². The van der Waals surface area contributed by atoms with E-state index in [4.69, 9.17) is 0 Å². The molecule has 0 bridgehead atoms. The van der Waals surface area contributed by atoms with Crippen LogP contribution in [0.3, 0.4) is 0 Å². The van der Waals surface area contributed by atoms with Gasteiger partial charge in [0.2, 0.25) is 5.91 Å². The third kappa shape index (κ3) is 3.73. The first kappa shape index (κ1) is 17.0. The van der Waals surface area contributed by atoms with Crippen LogP contribution in [0.5, 0.6) is 0 Å². The van der Waals surface area contributed by atoms with Crippen LogP contribution in [0.25, 0.3) is 0 Å². The Morgan fingerprint density at radius 3 is 2.44 bits per heavy atom. The fourth-order valence-corrected chi connectivity index (χ4v) is 3.80. The van der Waals surface area contributed by atoms with Gasteiger partial charge in [0.15, 0.2) is 0 Å². The van der Waals surface area contributed by atoms with Gasteiger partial charge >= 0.3 is 0 Å². The van der Waals surface area contributed by atoms with Gasteiger partial charge in [-0.25, -0.2) is 0 Å². The van der Waals surface area contributed by atoms with Gasteiger partial charge in [-0.05, 0) is 32.1 Å². The maximum Gasteiger partial charge on any atom is 0.227 e. The number of nitrogens with zero attached hydrogens (tertiary/aromatic N) is 5. The second kappa shape index (κ2) is 6.38. The Morgan fingerprint density at radius 1 is 1.04 bits per heavy atom. The van der Waals surface area contributed by atoms with Gasteiger partial charge in [-0.3, -0.25) is 9.69 Å². The summed E-state index contributed by atoms with van der Waals surface area (Å²) >= 11 is 0. The zero-order valence-electron chi connectivity index (χ0n) is 15.9. The Labute approximate surface area is 150 Å². The van der Waals surface area contributed by atoms with Crippen LogP contribution in [-0.2, 0) is 11.3 Å². The molecule has 0 aromatic carbocycles. The summed E-state index contributed by atoms with van der Waals surface area (Å²) in [7, 11) is 0. The Hall–Kier alpha value is -1.43. The smallest absolute Gasteiger partial charge is 0.227 e. The van der Waals surface area contributed by atoms with Gasteiger partial charge in [0, 0.05) is 43.6 Å². The van der Waals surface area contributed by atoms with Gasteiger partial charge in [-0.2, -0.15) is 0 Å². The molecule has 138 valence electrons. The van der Waals surface area contributed by atoms with E-state index in [1.165, 1.54) is 31.5 Å².